The van der Waals surface area contributed by atoms with Crippen LogP contribution < -0.4 is 5.32 Å². The van der Waals surface area contributed by atoms with Gasteiger partial charge in [0.1, 0.15) is 11.9 Å². The Morgan fingerprint density at radius 3 is 2.67 bits per heavy atom. The van der Waals surface area contributed by atoms with Crippen LogP contribution in [0.5, 0.6) is 0 Å². The van der Waals surface area contributed by atoms with Crippen molar-refractivity contribution >= 4 is 21.6 Å². The molecule has 0 aliphatic rings. The molecule has 0 bridgehead atoms. The summed E-state index contributed by atoms with van der Waals surface area (Å²) in [5.41, 5.74) is 1.80. The Balaban J connectivity index is 2.10. The first-order chi connectivity index (χ1) is 8.70. The van der Waals surface area contributed by atoms with E-state index in [9.17, 15) is 4.39 Å². The zero-order chi connectivity index (χ0) is 13.0. The molecular formula is C14H10BrFN2. The van der Waals surface area contributed by atoms with Gasteiger partial charge in [-0.1, -0.05) is 34.1 Å². The second kappa shape index (κ2) is 5.65. The van der Waals surface area contributed by atoms with Gasteiger partial charge in [0.2, 0.25) is 0 Å². The molecule has 1 N–H and O–H groups in total. The standard InChI is InChI=1S/C14H10BrFN2/c15-13-4-2-1-3-11(13)9-18-12-6-5-10(8-17)14(16)7-12/h1-7,18H,9H2. The first-order valence-electron chi connectivity index (χ1n) is 5.37. The van der Waals surface area contributed by atoms with E-state index in [1.165, 1.54) is 12.1 Å². The Morgan fingerprint density at radius 1 is 1.22 bits per heavy atom. The molecule has 4 heteroatoms. The molecule has 0 fully saturated rings. The molecule has 0 heterocycles. The Labute approximate surface area is 113 Å². The Kier molecular flexibility index (Phi) is 3.96. The zero-order valence-electron chi connectivity index (χ0n) is 9.45. The fraction of sp³-hybridized carbons (Fsp3) is 0.0714. The predicted molar refractivity (Wildman–Crippen MR) is 72.6 cm³/mol. The zero-order valence-corrected chi connectivity index (χ0v) is 11.0. The second-order valence-electron chi connectivity index (χ2n) is 3.75. The van der Waals surface area contributed by atoms with Gasteiger partial charge >= 0.3 is 0 Å². The molecule has 18 heavy (non-hydrogen) atoms. The number of anilines is 1. The van der Waals surface area contributed by atoms with Gasteiger partial charge in [-0.25, -0.2) is 4.39 Å². The normalized spacial score (nSPS) is 9.83. The molecule has 0 amide bonds. The number of rotatable bonds is 3. The smallest absolute Gasteiger partial charge is 0.143 e. The SMILES string of the molecule is N#Cc1ccc(NCc2ccccc2Br)cc1F. The third kappa shape index (κ3) is 2.88. The molecule has 0 saturated heterocycles. The van der Waals surface area contributed by atoms with Gasteiger partial charge in [-0.3, -0.25) is 0 Å². The first kappa shape index (κ1) is 12.6. The average molecular weight is 305 g/mol. The lowest BCUT2D eigenvalue weighted by Crippen LogP contribution is -2.00. The third-order valence-corrected chi connectivity index (χ3v) is 3.30. The lowest BCUT2D eigenvalue weighted by Gasteiger charge is -2.08. The fourth-order valence-electron chi connectivity index (χ4n) is 1.55. The van der Waals surface area contributed by atoms with Crippen molar-refractivity contribution in [3.05, 3.63) is 63.9 Å². The fourth-order valence-corrected chi connectivity index (χ4v) is 1.98. The Hall–Kier alpha value is -1.86. The van der Waals surface area contributed by atoms with Crippen molar-refractivity contribution in [1.82, 2.24) is 0 Å². The molecule has 2 aromatic carbocycles. The van der Waals surface area contributed by atoms with Gasteiger partial charge in [0, 0.05) is 16.7 Å². The maximum atomic E-state index is 13.4. The van der Waals surface area contributed by atoms with Crippen LogP contribution in [0.15, 0.2) is 46.9 Å². The molecule has 2 aromatic rings. The van der Waals surface area contributed by atoms with E-state index >= 15 is 0 Å². The highest BCUT2D eigenvalue weighted by Gasteiger charge is 2.03. The van der Waals surface area contributed by atoms with E-state index < -0.39 is 5.82 Å². The largest absolute Gasteiger partial charge is 0.381 e. The van der Waals surface area contributed by atoms with E-state index in [4.69, 9.17) is 5.26 Å². The van der Waals surface area contributed by atoms with Gasteiger partial charge in [0.25, 0.3) is 0 Å². The van der Waals surface area contributed by atoms with Crippen molar-refractivity contribution in [2.24, 2.45) is 0 Å². The molecule has 0 spiro atoms. The van der Waals surface area contributed by atoms with Crippen molar-refractivity contribution in [2.45, 2.75) is 6.54 Å². The molecule has 0 saturated carbocycles. The van der Waals surface area contributed by atoms with Crippen LogP contribution in [-0.2, 0) is 6.54 Å². The molecule has 0 radical (unpaired) electrons. The van der Waals surface area contributed by atoms with E-state index in [1.54, 1.807) is 12.1 Å². The van der Waals surface area contributed by atoms with Gasteiger partial charge in [-0.05, 0) is 29.8 Å². The summed E-state index contributed by atoms with van der Waals surface area (Å²) in [6.07, 6.45) is 0. The summed E-state index contributed by atoms with van der Waals surface area (Å²) in [5.74, 6) is -0.505. The van der Waals surface area contributed by atoms with Crippen molar-refractivity contribution in [2.75, 3.05) is 5.32 Å². The molecule has 0 aromatic heterocycles. The van der Waals surface area contributed by atoms with E-state index in [1.807, 2.05) is 24.3 Å². The number of halogens is 2. The summed E-state index contributed by atoms with van der Waals surface area (Å²) >= 11 is 3.45. The van der Waals surface area contributed by atoms with E-state index in [-0.39, 0.29) is 5.56 Å². The lowest BCUT2D eigenvalue weighted by molar-refractivity contribution is 0.624. The van der Waals surface area contributed by atoms with E-state index in [0.717, 1.165) is 10.0 Å². The molecule has 2 rings (SSSR count). The summed E-state index contributed by atoms with van der Waals surface area (Å²) in [5, 5.41) is 11.8. The maximum absolute atomic E-state index is 13.4. The Bertz CT molecular complexity index is 605. The quantitative estimate of drug-likeness (QED) is 0.927. The van der Waals surface area contributed by atoms with Crippen molar-refractivity contribution in [3.8, 4) is 6.07 Å². The van der Waals surface area contributed by atoms with E-state index in [2.05, 4.69) is 21.2 Å². The van der Waals surface area contributed by atoms with Gasteiger partial charge < -0.3 is 5.32 Å². The van der Waals surface area contributed by atoms with Gasteiger partial charge in [0.15, 0.2) is 0 Å². The minimum atomic E-state index is -0.505. The lowest BCUT2D eigenvalue weighted by atomic mass is 10.2. The third-order valence-electron chi connectivity index (χ3n) is 2.53. The minimum Gasteiger partial charge on any atom is -0.381 e. The number of nitrogens with zero attached hydrogens (tertiary/aromatic N) is 1. The highest BCUT2D eigenvalue weighted by molar-refractivity contribution is 9.10. The van der Waals surface area contributed by atoms with Crippen LogP contribution in [0.3, 0.4) is 0 Å². The molecule has 0 unspecified atom stereocenters. The van der Waals surface area contributed by atoms with Gasteiger partial charge in [-0.2, -0.15) is 5.26 Å². The second-order valence-corrected chi connectivity index (χ2v) is 4.61. The van der Waals surface area contributed by atoms with Crippen molar-refractivity contribution in [1.29, 1.82) is 5.26 Å². The van der Waals surface area contributed by atoms with Crippen LogP contribution in [0.25, 0.3) is 0 Å². The summed E-state index contributed by atoms with van der Waals surface area (Å²) in [4.78, 5) is 0. The number of hydrogen-bond acceptors (Lipinski definition) is 2. The van der Waals surface area contributed by atoms with Crippen molar-refractivity contribution < 1.29 is 4.39 Å². The van der Waals surface area contributed by atoms with Crippen LogP contribution in [0.1, 0.15) is 11.1 Å². The molecule has 2 nitrogen and oxygen atoms in total. The predicted octanol–water partition coefficient (Wildman–Crippen LogP) is 4.07. The molecule has 0 aliphatic heterocycles. The summed E-state index contributed by atoms with van der Waals surface area (Å²) in [6.45, 7) is 0.590. The Morgan fingerprint density at radius 2 is 2.00 bits per heavy atom. The summed E-state index contributed by atoms with van der Waals surface area (Å²) in [7, 11) is 0. The van der Waals surface area contributed by atoms with Crippen molar-refractivity contribution in [3.63, 3.8) is 0 Å². The first-order valence-corrected chi connectivity index (χ1v) is 6.17. The summed E-state index contributed by atoms with van der Waals surface area (Å²) < 4.78 is 14.4. The van der Waals surface area contributed by atoms with Crippen LogP contribution in [-0.4, -0.2) is 0 Å². The minimum absolute atomic E-state index is 0.0569. The topological polar surface area (TPSA) is 35.8 Å². The molecular weight excluding hydrogens is 295 g/mol. The monoisotopic (exact) mass is 304 g/mol. The van der Waals surface area contributed by atoms with Crippen LogP contribution in [0, 0.1) is 17.1 Å². The van der Waals surface area contributed by atoms with Gasteiger partial charge in [-0.15, -0.1) is 0 Å². The number of nitrogens with one attached hydrogen (secondary N) is 1. The van der Waals surface area contributed by atoms with E-state index in [0.29, 0.717) is 12.2 Å². The maximum Gasteiger partial charge on any atom is 0.143 e. The highest BCUT2D eigenvalue weighted by atomic mass is 79.9. The van der Waals surface area contributed by atoms with Crippen LogP contribution in [0.4, 0.5) is 10.1 Å². The molecule has 0 atom stereocenters. The van der Waals surface area contributed by atoms with Crippen LogP contribution >= 0.6 is 15.9 Å². The number of nitriles is 1. The number of benzene rings is 2. The summed E-state index contributed by atoms with van der Waals surface area (Å²) in [6, 6.07) is 14.1. The molecule has 0 aliphatic carbocycles. The number of hydrogen-bond donors (Lipinski definition) is 1. The highest BCUT2D eigenvalue weighted by Crippen LogP contribution is 2.19. The average Bonchev–Trinajstić information content (AvgIpc) is 2.38. The van der Waals surface area contributed by atoms with Crippen LogP contribution in [0.2, 0.25) is 0 Å². The molecule has 90 valence electrons. The van der Waals surface area contributed by atoms with Gasteiger partial charge in [0.05, 0.1) is 5.56 Å².